The molecule has 0 heterocycles. The number of nitrogens with one attached hydrogen (secondary N) is 1. The maximum absolute atomic E-state index is 11.8. The molecule has 0 fully saturated rings. The van der Waals surface area contributed by atoms with Crippen molar-refractivity contribution >= 4 is 9.84 Å². The molecule has 0 saturated carbocycles. The minimum atomic E-state index is -2.99. The number of aliphatic hydroxyl groups is 1. The average molecular weight is 265 g/mol. The number of hydrogen-bond donors (Lipinski definition) is 2. The summed E-state index contributed by atoms with van der Waals surface area (Å²) in [6.07, 6.45) is 4.02. The Morgan fingerprint density at radius 3 is 2.12 bits per heavy atom. The van der Waals surface area contributed by atoms with Gasteiger partial charge in [-0.1, -0.05) is 12.8 Å². The van der Waals surface area contributed by atoms with E-state index in [2.05, 4.69) is 5.32 Å². The second-order valence-electron chi connectivity index (χ2n) is 5.32. The quantitative estimate of drug-likeness (QED) is 0.617. The molecular weight excluding hydrogens is 238 g/mol. The van der Waals surface area contributed by atoms with E-state index >= 15 is 0 Å². The fourth-order valence-electron chi connectivity index (χ4n) is 1.35. The predicted molar refractivity (Wildman–Crippen MR) is 72.0 cm³/mol. The van der Waals surface area contributed by atoms with Gasteiger partial charge in [0, 0.05) is 13.2 Å². The van der Waals surface area contributed by atoms with Crippen molar-refractivity contribution in [3.8, 4) is 0 Å². The predicted octanol–water partition coefficient (Wildman–Crippen LogP) is 1.34. The first-order valence-corrected chi connectivity index (χ1v) is 8.00. The van der Waals surface area contributed by atoms with Crippen LogP contribution in [0.2, 0.25) is 0 Å². The van der Waals surface area contributed by atoms with Gasteiger partial charge in [-0.05, 0) is 40.2 Å². The molecule has 2 N–H and O–H groups in total. The Labute approximate surface area is 106 Å². The highest BCUT2D eigenvalue weighted by Gasteiger charge is 2.27. The van der Waals surface area contributed by atoms with E-state index in [4.69, 9.17) is 5.11 Å². The summed E-state index contributed by atoms with van der Waals surface area (Å²) >= 11 is 0. The molecule has 0 rings (SSSR count). The van der Waals surface area contributed by atoms with Gasteiger partial charge in [0.15, 0.2) is 9.84 Å². The van der Waals surface area contributed by atoms with Crippen molar-refractivity contribution in [3.63, 3.8) is 0 Å². The van der Waals surface area contributed by atoms with Gasteiger partial charge in [0.1, 0.15) is 0 Å². The monoisotopic (exact) mass is 265 g/mol. The van der Waals surface area contributed by atoms with Gasteiger partial charge in [-0.2, -0.15) is 0 Å². The molecule has 0 amide bonds. The molecule has 0 aliphatic carbocycles. The molecule has 104 valence electrons. The molecule has 0 aliphatic heterocycles. The molecule has 0 aromatic heterocycles. The number of aliphatic hydroxyl groups excluding tert-OH is 1. The molecule has 0 aromatic rings. The molecule has 0 aromatic carbocycles. The second kappa shape index (κ2) is 8.06. The van der Waals surface area contributed by atoms with Crippen molar-refractivity contribution in [3.05, 3.63) is 0 Å². The molecule has 0 unspecified atom stereocenters. The Balaban J connectivity index is 3.53. The van der Waals surface area contributed by atoms with E-state index in [1.807, 2.05) is 0 Å². The van der Waals surface area contributed by atoms with Gasteiger partial charge in [0.05, 0.1) is 10.5 Å². The van der Waals surface area contributed by atoms with Gasteiger partial charge in [-0.25, -0.2) is 8.42 Å². The molecule has 0 spiro atoms. The molecule has 0 radical (unpaired) electrons. The lowest BCUT2D eigenvalue weighted by Gasteiger charge is -2.19. The molecule has 0 bridgehead atoms. The minimum absolute atomic E-state index is 0.202. The van der Waals surface area contributed by atoms with Crippen molar-refractivity contribution in [2.75, 3.05) is 25.4 Å². The third-order valence-electron chi connectivity index (χ3n) is 2.74. The number of sulfone groups is 1. The van der Waals surface area contributed by atoms with Crippen LogP contribution in [0.25, 0.3) is 0 Å². The SMILES string of the molecule is CC(C)(C)S(=O)(=O)CCNCCCCCCO. The van der Waals surface area contributed by atoms with Gasteiger partial charge in [0.25, 0.3) is 0 Å². The van der Waals surface area contributed by atoms with E-state index < -0.39 is 14.6 Å². The topological polar surface area (TPSA) is 66.4 Å². The van der Waals surface area contributed by atoms with Crippen LogP contribution in [0.5, 0.6) is 0 Å². The van der Waals surface area contributed by atoms with Gasteiger partial charge in [0.2, 0.25) is 0 Å². The summed E-state index contributed by atoms with van der Waals surface area (Å²) in [4.78, 5) is 0. The lowest BCUT2D eigenvalue weighted by atomic mass is 10.2. The fraction of sp³-hybridized carbons (Fsp3) is 1.00. The Morgan fingerprint density at radius 1 is 1.00 bits per heavy atom. The first-order chi connectivity index (χ1) is 7.81. The maximum atomic E-state index is 11.8. The van der Waals surface area contributed by atoms with E-state index in [9.17, 15) is 8.42 Å². The summed E-state index contributed by atoms with van der Waals surface area (Å²) in [5.41, 5.74) is 0. The average Bonchev–Trinajstić information content (AvgIpc) is 2.20. The Hall–Kier alpha value is -0.130. The zero-order valence-corrected chi connectivity index (χ0v) is 12.1. The molecule has 0 atom stereocenters. The summed E-state index contributed by atoms with van der Waals surface area (Å²) < 4.78 is 22.9. The number of rotatable bonds is 9. The van der Waals surface area contributed by atoms with E-state index in [1.54, 1.807) is 20.8 Å². The largest absolute Gasteiger partial charge is 0.396 e. The zero-order valence-electron chi connectivity index (χ0n) is 11.3. The molecule has 0 aliphatic rings. The summed E-state index contributed by atoms with van der Waals surface area (Å²) in [6, 6.07) is 0. The van der Waals surface area contributed by atoms with Crippen LogP contribution in [0.15, 0.2) is 0 Å². The van der Waals surface area contributed by atoms with Crippen LogP contribution in [0.4, 0.5) is 0 Å². The summed E-state index contributed by atoms with van der Waals surface area (Å²) in [6.45, 7) is 6.84. The third-order valence-corrected chi connectivity index (χ3v) is 5.35. The normalized spacial score (nSPS) is 12.9. The Bertz CT molecular complexity index is 281. The van der Waals surface area contributed by atoms with Crippen LogP contribution in [0.1, 0.15) is 46.5 Å². The van der Waals surface area contributed by atoms with Gasteiger partial charge >= 0.3 is 0 Å². The van der Waals surface area contributed by atoms with Crippen molar-refractivity contribution < 1.29 is 13.5 Å². The van der Waals surface area contributed by atoms with Gasteiger partial charge in [-0.15, -0.1) is 0 Å². The Morgan fingerprint density at radius 2 is 1.59 bits per heavy atom. The fourth-order valence-corrected chi connectivity index (χ4v) is 2.38. The van der Waals surface area contributed by atoms with Crippen LogP contribution >= 0.6 is 0 Å². The summed E-state index contributed by atoms with van der Waals surface area (Å²) in [5, 5.41) is 11.7. The Kier molecular flexibility index (Phi) is 8.00. The zero-order chi connectivity index (χ0) is 13.4. The smallest absolute Gasteiger partial charge is 0.156 e. The molecule has 5 heteroatoms. The standard InChI is InChI=1S/C12H27NO3S/c1-12(2,3)17(15,16)11-9-13-8-6-4-5-7-10-14/h13-14H,4-11H2,1-3H3. The summed E-state index contributed by atoms with van der Waals surface area (Å²) in [7, 11) is -2.99. The van der Waals surface area contributed by atoms with Crippen LogP contribution in [0.3, 0.4) is 0 Å². The third kappa shape index (κ3) is 7.73. The minimum Gasteiger partial charge on any atom is -0.396 e. The van der Waals surface area contributed by atoms with Crippen LogP contribution < -0.4 is 5.32 Å². The maximum Gasteiger partial charge on any atom is 0.156 e. The van der Waals surface area contributed by atoms with Crippen LogP contribution in [-0.2, 0) is 9.84 Å². The van der Waals surface area contributed by atoms with Gasteiger partial charge < -0.3 is 10.4 Å². The highest BCUT2D eigenvalue weighted by atomic mass is 32.2. The van der Waals surface area contributed by atoms with E-state index in [0.29, 0.717) is 6.54 Å². The molecular formula is C12H27NO3S. The van der Waals surface area contributed by atoms with Crippen LogP contribution in [-0.4, -0.2) is 43.7 Å². The lowest BCUT2D eigenvalue weighted by Crippen LogP contribution is -2.34. The van der Waals surface area contributed by atoms with Crippen molar-refractivity contribution in [2.24, 2.45) is 0 Å². The van der Waals surface area contributed by atoms with Crippen molar-refractivity contribution in [2.45, 2.75) is 51.2 Å². The van der Waals surface area contributed by atoms with E-state index in [0.717, 1.165) is 32.2 Å². The molecule has 4 nitrogen and oxygen atoms in total. The summed E-state index contributed by atoms with van der Waals surface area (Å²) in [5.74, 6) is 0.202. The molecule has 0 saturated heterocycles. The van der Waals surface area contributed by atoms with Gasteiger partial charge in [-0.3, -0.25) is 0 Å². The van der Waals surface area contributed by atoms with Crippen LogP contribution in [0, 0.1) is 0 Å². The van der Waals surface area contributed by atoms with E-state index in [1.165, 1.54) is 0 Å². The number of hydrogen-bond acceptors (Lipinski definition) is 4. The second-order valence-corrected chi connectivity index (χ2v) is 8.18. The highest BCUT2D eigenvalue weighted by Crippen LogP contribution is 2.15. The lowest BCUT2D eigenvalue weighted by molar-refractivity contribution is 0.282. The molecule has 17 heavy (non-hydrogen) atoms. The first kappa shape index (κ1) is 16.9. The van der Waals surface area contributed by atoms with E-state index in [-0.39, 0.29) is 12.4 Å². The van der Waals surface area contributed by atoms with Crippen molar-refractivity contribution in [1.82, 2.24) is 5.32 Å². The van der Waals surface area contributed by atoms with Crippen molar-refractivity contribution in [1.29, 1.82) is 0 Å². The first-order valence-electron chi connectivity index (χ1n) is 6.35. The highest BCUT2D eigenvalue weighted by molar-refractivity contribution is 7.92. The number of unbranched alkanes of at least 4 members (excludes halogenated alkanes) is 3.